The topological polar surface area (TPSA) is 110 Å². The van der Waals surface area contributed by atoms with E-state index < -0.39 is 11.6 Å². The number of carboxylic acid groups (broad SMARTS) is 1. The van der Waals surface area contributed by atoms with Gasteiger partial charge in [0.2, 0.25) is 5.91 Å². The third-order valence-corrected chi connectivity index (χ3v) is 5.92. The average Bonchev–Trinajstić information content (AvgIpc) is 3.12. The second-order valence-electron chi connectivity index (χ2n) is 8.17. The van der Waals surface area contributed by atoms with E-state index in [9.17, 15) is 14.4 Å². The maximum absolute atomic E-state index is 12.7. The molecule has 0 saturated heterocycles. The highest BCUT2D eigenvalue weighted by atomic mass is 16.4. The summed E-state index contributed by atoms with van der Waals surface area (Å²) in [4.78, 5) is 35.7. The van der Waals surface area contributed by atoms with Crippen LogP contribution in [0.5, 0.6) is 0 Å². The van der Waals surface area contributed by atoms with E-state index in [4.69, 9.17) is 13.9 Å². The summed E-state index contributed by atoms with van der Waals surface area (Å²) in [6.07, 6.45) is 0.163. The van der Waals surface area contributed by atoms with Gasteiger partial charge in [-0.05, 0) is 44.4 Å². The second-order valence-corrected chi connectivity index (χ2v) is 8.17. The molecule has 0 bridgehead atoms. The number of rotatable bonds is 7. The zero-order chi connectivity index (χ0) is 23.7. The summed E-state index contributed by atoms with van der Waals surface area (Å²) in [7, 11) is 0. The Bertz CT molecular complexity index is 1430. The minimum Gasteiger partial charge on any atom is -0.481 e. The first-order valence-corrected chi connectivity index (χ1v) is 10.8. The Balaban J connectivity index is 1.77. The van der Waals surface area contributed by atoms with Gasteiger partial charge in [-0.3, -0.25) is 9.59 Å². The van der Waals surface area contributed by atoms with Crippen LogP contribution in [0.4, 0.5) is 0 Å². The standard InChI is InChI=1S/C26H25NO6/c1-14-18-12-20-23(17-8-5-4-6-9-17)16(3)32-25(20)15(2)24(18)33-26(31)19(14)13-21(28)27-11-7-10-22(29)30/h4-6,8-9,12H,7,10-11,13H2,1-3H3,(H,27,28)(H,29,30). The Kier molecular flexibility index (Phi) is 6.05. The van der Waals surface area contributed by atoms with Gasteiger partial charge in [-0.2, -0.15) is 0 Å². The van der Waals surface area contributed by atoms with Crippen LogP contribution >= 0.6 is 0 Å². The van der Waals surface area contributed by atoms with Crippen LogP contribution in [0.15, 0.2) is 50.0 Å². The maximum atomic E-state index is 12.7. The van der Waals surface area contributed by atoms with Crippen LogP contribution in [0.25, 0.3) is 33.1 Å². The number of furan rings is 1. The van der Waals surface area contributed by atoms with Crippen molar-refractivity contribution < 1.29 is 23.5 Å². The van der Waals surface area contributed by atoms with Crippen molar-refractivity contribution in [3.05, 3.63) is 69.3 Å². The van der Waals surface area contributed by atoms with Gasteiger partial charge in [-0.1, -0.05) is 30.3 Å². The van der Waals surface area contributed by atoms with Crippen LogP contribution in [-0.2, 0) is 16.0 Å². The van der Waals surface area contributed by atoms with E-state index >= 15 is 0 Å². The van der Waals surface area contributed by atoms with Crippen molar-refractivity contribution in [1.82, 2.24) is 5.32 Å². The molecule has 0 aliphatic carbocycles. The molecule has 7 heteroatoms. The number of carbonyl (C=O) groups excluding carboxylic acids is 1. The molecule has 2 N–H and O–H groups in total. The van der Waals surface area contributed by atoms with Crippen molar-refractivity contribution in [2.24, 2.45) is 0 Å². The summed E-state index contributed by atoms with van der Waals surface area (Å²) in [5.74, 6) is -0.492. The number of carboxylic acids is 1. The fourth-order valence-electron chi connectivity index (χ4n) is 4.23. The summed E-state index contributed by atoms with van der Waals surface area (Å²) in [6.45, 7) is 5.82. The summed E-state index contributed by atoms with van der Waals surface area (Å²) in [5, 5.41) is 13.0. The Hall–Kier alpha value is -3.87. The van der Waals surface area contributed by atoms with Gasteiger partial charge in [0.1, 0.15) is 16.9 Å². The first-order chi connectivity index (χ1) is 15.8. The van der Waals surface area contributed by atoms with Gasteiger partial charge in [0, 0.05) is 34.9 Å². The predicted molar refractivity (Wildman–Crippen MR) is 125 cm³/mol. The van der Waals surface area contributed by atoms with Crippen LogP contribution in [0.1, 0.15) is 35.3 Å². The van der Waals surface area contributed by atoms with Gasteiger partial charge < -0.3 is 19.3 Å². The first-order valence-electron chi connectivity index (χ1n) is 10.8. The molecule has 7 nitrogen and oxygen atoms in total. The Morgan fingerprint density at radius 3 is 2.36 bits per heavy atom. The largest absolute Gasteiger partial charge is 0.481 e. The normalized spacial score (nSPS) is 11.2. The van der Waals surface area contributed by atoms with Gasteiger partial charge in [-0.25, -0.2) is 4.79 Å². The molecule has 170 valence electrons. The lowest BCUT2D eigenvalue weighted by atomic mass is 9.96. The van der Waals surface area contributed by atoms with E-state index in [0.29, 0.717) is 28.7 Å². The second kappa shape index (κ2) is 8.94. The molecule has 0 atom stereocenters. The van der Waals surface area contributed by atoms with Gasteiger partial charge in [0.15, 0.2) is 0 Å². The molecule has 0 radical (unpaired) electrons. The van der Waals surface area contributed by atoms with E-state index in [1.807, 2.05) is 57.2 Å². The van der Waals surface area contributed by atoms with Crippen LogP contribution in [0, 0.1) is 20.8 Å². The molecule has 33 heavy (non-hydrogen) atoms. The zero-order valence-corrected chi connectivity index (χ0v) is 18.8. The summed E-state index contributed by atoms with van der Waals surface area (Å²) < 4.78 is 11.7. The Labute approximate surface area is 190 Å². The van der Waals surface area contributed by atoms with Crippen molar-refractivity contribution in [3.63, 3.8) is 0 Å². The Morgan fingerprint density at radius 2 is 1.67 bits per heavy atom. The molecule has 2 aromatic heterocycles. The van der Waals surface area contributed by atoms with Gasteiger partial charge in [0.25, 0.3) is 0 Å². The number of aliphatic carboxylic acids is 1. The monoisotopic (exact) mass is 447 g/mol. The fraction of sp³-hybridized carbons (Fsp3) is 0.269. The molecule has 4 rings (SSSR count). The van der Waals surface area contributed by atoms with Crippen LogP contribution < -0.4 is 10.9 Å². The van der Waals surface area contributed by atoms with Crippen molar-refractivity contribution in [1.29, 1.82) is 0 Å². The minimum atomic E-state index is -0.915. The van der Waals surface area contributed by atoms with E-state index in [1.54, 1.807) is 0 Å². The number of hydrogen-bond donors (Lipinski definition) is 2. The third kappa shape index (κ3) is 4.26. The SMILES string of the molecule is Cc1oc2c(C)c3oc(=O)c(CC(=O)NCCCC(=O)O)c(C)c3cc2c1-c1ccccc1. The average molecular weight is 447 g/mol. The lowest BCUT2D eigenvalue weighted by Gasteiger charge is -2.10. The van der Waals surface area contributed by atoms with Crippen LogP contribution in [0.3, 0.4) is 0 Å². The first kappa shape index (κ1) is 22.3. The molecule has 4 aromatic rings. The smallest absolute Gasteiger partial charge is 0.340 e. The quantitative estimate of drug-likeness (QED) is 0.315. The van der Waals surface area contributed by atoms with E-state index in [-0.39, 0.29) is 25.3 Å². The maximum Gasteiger partial charge on any atom is 0.340 e. The number of nitrogens with one attached hydrogen (secondary N) is 1. The lowest BCUT2D eigenvalue weighted by Crippen LogP contribution is -2.29. The number of amides is 1. The highest BCUT2D eigenvalue weighted by molar-refractivity contribution is 6.06. The summed E-state index contributed by atoms with van der Waals surface area (Å²) in [5.41, 5.74) is 4.28. The molecule has 0 spiro atoms. The molecule has 2 heterocycles. The zero-order valence-electron chi connectivity index (χ0n) is 18.8. The van der Waals surface area contributed by atoms with E-state index in [1.165, 1.54) is 0 Å². The van der Waals surface area contributed by atoms with Crippen molar-refractivity contribution in [2.75, 3.05) is 6.54 Å². The molecule has 0 saturated carbocycles. The van der Waals surface area contributed by atoms with E-state index in [0.717, 1.165) is 33.2 Å². The summed E-state index contributed by atoms with van der Waals surface area (Å²) in [6, 6.07) is 11.9. The number of hydrogen-bond acceptors (Lipinski definition) is 5. The number of carbonyl (C=O) groups is 2. The van der Waals surface area contributed by atoms with Crippen LogP contribution in [-0.4, -0.2) is 23.5 Å². The third-order valence-electron chi connectivity index (χ3n) is 5.92. The van der Waals surface area contributed by atoms with Gasteiger partial charge >= 0.3 is 11.6 Å². The summed E-state index contributed by atoms with van der Waals surface area (Å²) >= 11 is 0. The number of benzene rings is 2. The fourth-order valence-corrected chi connectivity index (χ4v) is 4.23. The minimum absolute atomic E-state index is 0.0272. The molecular formula is C26H25NO6. The van der Waals surface area contributed by atoms with Gasteiger partial charge in [-0.15, -0.1) is 0 Å². The van der Waals surface area contributed by atoms with Crippen LogP contribution in [0.2, 0.25) is 0 Å². The number of aryl methyl sites for hydroxylation is 3. The molecule has 1 amide bonds. The highest BCUT2D eigenvalue weighted by Crippen LogP contribution is 2.39. The number of fused-ring (bicyclic) bond motifs is 2. The molecular weight excluding hydrogens is 422 g/mol. The highest BCUT2D eigenvalue weighted by Gasteiger charge is 2.21. The Morgan fingerprint density at radius 1 is 0.970 bits per heavy atom. The van der Waals surface area contributed by atoms with Crippen molar-refractivity contribution >= 4 is 33.8 Å². The van der Waals surface area contributed by atoms with E-state index in [2.05, 4.69) is 5.32 Å². The molecule has 0 aliphatic rings. The molecule has 0 fully saturated rings. The van der Waals surface area contributed by atoms with Gasteiger partial charge in [0.05, 0.1) is 12.0 Å². The molecule has 0 aliphatic heterocycles. The predicted octanol–water partition coefficient (Wildman–Crippen LogP) is 4.65. The van der Waals surface area contributed by atoms with Crippen molar-refractivity contribution in [3.8, 4) is 11.1 Å². The molecule has 0 unspecified atom stereocenters. The molecule has 2 aromatic carbocycles. The lowest BCUT2D eigenvalue weighted by molar-refractivity contribution is -0.137. The van der Waals surface area contributed by atoms with Crippen molar-refractivity contribution in [2.45, 2.75) is 40.0 Å².